The van der Waals surface area contributed by atoms with Crippen LogP contribution >= 0.6 is 19.2 Å². The van der Waals surface area contributed by atoms with Gasteiger partial charge >= 0.3 is 13.3 Å². The topological polar surface area (TPSA) is 126 Å². The summed E-state index contributed by atoms with van der Waals surface area (Å²) in [6.45, 7) is 0. The van der Waals surface area contributed by atoms with E-state index in [-0.39, 0.29) is 5.82 Å². The summed E-state index contributed by atoms with van der Waals surface area (Å²) in [5.74, 6) is 0.463. The largest absolute Gasteiger partial charge is 0.385 e. The van der Waals surface area contributed by atoms with E-state index in [1.165, 1.54) is 6.07 Å². The van der Waals surface area contributed by atoms with Gasteiger partial charge in [-0.2, -0.15) is 4.98 Å². The molecule has 9 nitrogen and oxygen atoms in total. The Morgan fingerprint density at radius 3 is 2.56 bits per heavy atom. The Kier molecular flexibility index (Phi) is 7.73. The van der Waals surface area contributed by atoms with Crippen molar-refractivity contribution in [3.8, 4) is 0 Å². The Morgan fingerprint density at radius 1 is 1.52 bits per heavy atom. The number of ether oxygens (including phenoxy) is 1. The van der Waals surface area contributed by atoms with Crippen LogP contribution in [0.3, 0.4) is 0 Å². The minimum absolute atomic E-state index is 0.0979. The molecule has 0 aliphatic rings. The lowest BCUT2D eigenvalue weighted by atomic mass is 9.97. The molecule has 1 rings (SSSR count). The Labute approximate surface area is 148 Å². The van der Waals surface area contributed by atoms with E-state index in [1.807, 2.05) is 0 Å². The van der Waals surface area contributed by atoms with E-state index < -0.39 is 37.2 Å². The van der Waals surface area contributed by atoms with Gasteiger partial charge in [-0.3, -0.25) is 9.13 Å². The van der Waals surface area contributed by atoms with Crippen molar-refractivity contribution in [1.29, 1.82) is 0 Å². The van der Waals surface area contributed by atoms with E-state index in [0.29, 0.717) is 4.57 Å². The van der Waals surface area contributed by atoms with E-state index in [1.54, 1.807) is 0 Å². The van der Waals surface area contributed by atoms with E-state index in [0.717, 1.165) is 39.4 Å². The molecule has 1 heterocycles. The molecule has 0 saturated heterocycles. The van der Waals surface area contributed by atoms with E-state index >= 15 is 0 Å². The molecule has 25 heavy (non-hydrogen) atoms. The molecule has 0 aliphatic heterocycles. The first-order chi connectivity index (χ1) is 11.7. The smallest absolute Gasteiger partial charge is 0.353 e. The number of halogens is 2. The van der Waals surface area contributed by atoms with Crippen molar-refractivity contribution in [2.24, 2.45) is 0 Å². The fraction of sp³-hybridized carbons (Fsp3) is 0.538. The molecule has 0 aromatic carbocycles. The van der Waals surface area contributed by atoms with Crippen LogP contribution < -0.4 is 11.4 Å². The Balaban J connectivity index is 3.26. The van der Waals surface area contributed by atoms with Gasteiger partial charge in [0.25, 0.3) is 0 Å². The number of nitrogens with two attached hydrogens (primary N) is 1. The molecular formula is C13H20ClFN3O6P. The van der Waals surface area contributed by atoms with Crippen molar-refractivity contribution in [2.45, 2.75) is 18.0 Å². The van der Waals surface area contributed by atoms with Crippen LogP contribution in [-0.2, 0) is 18.3 Å². The number of aliphatic hydroxyl groups excluding tert-OH is 1. The molecule has 1 aromatic heterocycles. The summed E-state index contributed by atoms with van der Waals surface area (Å²) in [5.41, 5.74) is 2.51. The number of hydrogen-bond acceptors (Lipinski definition) is 8. The SMILES string of the molecule is CO[C@@](/C=C\P(=O)(OC)OC)(CCl)[C@@H](O)[C@@H](F)n1ccc(N)nc1=O. The summed E-state index contributed by atoms with van der Waals surface area (Å²) < 4.78 is 41.9. The number of nitrogens with zero attached hydrogens (tertiary/aromatic N) is 2. The van der Waals surface area contributed by atoms with Crippen LogP contribution in [0.5, 0.6) is 0 Å². The summed E-state index contributed by atoms with van der Waals surface area (Å²) in [5, 5.41) is 10.4. The third-order valence-corrected chi connectivity index (χ3v) is 5.47. The normalized spacial score (nSPS) is 17.4. The molecule has 3 N–H and O–H groups in total. The molecule has 0 radical (unpaired) electrons. The van der Waals surface area contributed by atoms with Crippen LogP contribution in [0, 0.1) is 0 Å². The second kappa shape index (κ2) is 8.88. The van der Waals surface area contributed by atoms with Gasteiger partial charge in [0, 0.05) is 33.3 Å². The summed E-state index contributed by atoms with van der Waals surface area (Å²) >= 11 is 5.83. The minimum atomic E-state index is -3.61. The molecule has 0 aliphatic carbocycles. The van der Waals surface area contributed by atoms with E-state index in [2.05, 4.69) is 4.98 Å². The predicted octanol–water partition coefficient (Wildman–Crippen LogP) is 1.28. The number of aliphatic hydroxyl groups is 1. The monoisotopic (exact) mass is 399 g/mol. The fourth-order valence-electron chi connectivity index (χ4n) is 1.88. The first kappa shape index (κ1) is 21.8. The zero-order valence-corrected chi connectivity index (χ0v) is 15.5. The first-order valence-electron chi connectivity index (χ1n) is 6.88. The van der Waals surface area contributed by atoms with Crippen molar-refractivity contribution in [3.63, 3.8) is 0 Å². The average Bonchev–Trinajstić information content (AvgIpc) is 2.62. The highest BCUT2D eigenvalue weighted by Crippen LogP contribution is 2.49. The third-order valence-electron chi connectivity index (χ3n) is 3.52. The lowest BCUT2D eigenvalue weighted by molar-refractivity contribution is -0.106. The van der Waals surface area contributed by atoms with Crippen LogP contribution in [0.4, 0.5) is 10.2 Å². The van der Waals surface area contributed by atoms with Gasteiger partial charge in [-0.15, -0.1) is 11.6 Å². The van der Waals surface area contributed by atoms with Crippen molar-refractivity contribution in [3.05, 3.63) is 34.6 Å². The summed E-state index contributed by atoms with van der Waals surface area (Å²) in [6.07, 6.45) is -2.11. The fourth-order valence-corrected chi connectivity index (χ4v) is 3.06. The first-order valence-corrected chi connectivity index (χ1v) is 9.02. The Morgan fingerprint density at radius 2 is 2.12 bits per heavy atom. The molecule has 142 valence electrons. The van der Waals surface area contributed by atoms with Gasteiger partial charge in [0.15, 0.2) is 0 Å². The molecule has 12 heteroatoms. The Hall–Kier alpha value is -1.29. The standard InChI is InChI=1S/C13H20ClFN3O6P/c1-22-13(8-14,5-7-25(21,23-2)24-3)10(19)11(15)18-6-4-9(16)17-12(18)20/h4-7,10-11,19H,8H2,1-3H3,(H2,16,17,20)/b7-5-/t10-,11-,13-/m0/s1. The van der Waals surface area contributed by atoms with Crippen LogP contribution in [0.25, 0.3) is 0 Å². The number of aromatic nitrogens is 2. The quantitative estimate of drug-likeness (QED) is 0.469. The summed E-state index contributed by atoms with van der Waals surface area (Å²) in [7, 11) is -0.147. The molecule has 0 saturated carbocycles. The van der Waals surface area contributed by atoms with Gasteiger partial charge in [0.1, 0.15) is 17.5 Å². The summed E-state index contributed by atoms with van der Waals surface area (Å²) in [4.78, 5) is 15.1. The average molecular weight is 400 g/mol. The van der Waals surface area contributed by atoms with Gasteiger partial charge in [0.05, 0.1) is 5.88 Å². The molecule has 0 spiro atoms. The third kappa shape index (κ3) is 4.87. The lowest BCUT2D eigenvalue weighted by Crippen LogP contribution is -2.49. The van der Waals surface area contributed by atoms with E-state index in [4.69, 9.17) is 31.1 Å². The van der Waals surface area contributed by atoms with Crippen molar-refractivity contribution >= 4 is 25.0 Å². The van der Waals surface area contributed by atoms with Gasteiger partial charge in [-0.25, -0.2) is 9.18 Å². The zero-order valence-electron chi connectivity index (χ0n) is 13.8. The lowest BCUT2D eigenvalue weighted by Gasteiger charge is -2.34. The van der Waals surface area contributed by atoms with Gasteiger partial charge in [-0.1, -0.05) is 0 Å². The second-order valence-electron chi connectivity index (χ2n) is 4.87. The number of anilines is 1. The molecule has 0 bridgehead atoms. The molecular weight excluding hydrogens is 380 g/mol. The van der Waals surface area contributed by atoms with Crippen LogP contribution in [0.15, 0.2) is 29.0 Å². The minimum Gasteiger partial charge on any atom is -0.385 e. The molecule has 0 amide bonds. The van der Waals surface area contributed by atoms with E-state index in [9.17, 15) is 18.9 Å². The number of hydrogen-bond donors (Lipinski definition) is 2. The maximum Gasteiger partial charge on any atom is 0.353 e. The molecule has 0 unspecified atom stereocenters. The number of alkyl halides is 2. The predicted molar refractivity (Wildman–Crippen MR) is 90.3 cm³/mol. The van der Waals surface area contributed by atoms with Crippen molar-refractivity contribution in [1.82, 2.24) is 9.55 Å². The highest BCUT2D eigenvalue weighted by atomic mass is 35.5. The summed E-state index contributed by atoms with van der Waals surface area (Å²) in [6, 6.07) is 1.19. The number of rotatable bonds is 9. The van der Waals surface area contributed by atoms with Crippen LogP contribution in [0.1, 0.15) is 6.30 Å². The maximum atomic E-state index is 14.7. The van der Waals surface area contributed by atoms with Gasteiger partial charge < -0.3 is 24.6 Å². The molecule has 3 atom stereocenters. The highest BCUT2D eigenvalue weighted by Gasteiger charge is 2.42. The van der Waals surface area contributed by atoms with Crippen molar-refractivity contribution < 1.29 is 27.8 Å². The molecule has 1 aromatic rings. The molecule has 0 fully saturated rings. The van der Waals surface area contributed by atoms with Crippen LogP contribution in [-0.4, -0.2) is 53.6 Å². The highest BCUT2D eigenvalue weighted by molar-refractivity contribution is 7.57. The second-order valence-corrected chi connectivity index (χ2v) is 7.25. The maximum absolute atomic E-state index is 14.7. The van der Waals surface area contributed by atoms with Gasteiger partial charge in [-0.05, 0) is 12.1 Å². The van der Waals surface area contributed by atoms with Gasteiger partial charge in [0.2, 0.25) is 6.30 Å². The van der Waals surface area contributed by atoms with Crippen molar-refractivity contribution in [2.75, 3.05) is 32.9 Å². The zero-order chi connectivity index (χ0) is 19.3. The Bertz CT molecular complexity index is 703. The number of nitrogen functional groups attached to an aromatic ring is 1. The number of methoxy groups -OCH3 is 1. The van der Waals surface area contributed by atoms with Crippen LogP contribution in [0.2, 0.25) is 0 Å².